The Morgan fingerprint density at radius 2 is 2.00 bits per heavy atom. The Kier molecular flexibility index (Phi) is 0.651. The van der Waals surface area contributed by atoms with Crippen LogP contribution in [-0.2, 0) is 9.59 Å². The minimum atomic E-state index is -0.778. The van der Waals surface area contributed by atoms with Gasteiger partial charge in [-0.15, -0.1) is 0 Å². The van der Waals surface area contributed by atoms with Crippen molar-refractivity contribution in [2.45, 2.75) is 0 Å². The van der Waals surface area contributed by atoms with Gasteiger partial charge in [0.2, 0.25) is 0 Å². The van der Waals surface area contributed by atoms with Crippen LogP contribution in [0.15, 0.2) is 4.99 Å². The smallest absolute Gasteiger partial charge is 0.261 e. The standard InChI is InChI=1S/C3HN2O2/c6-2-3(7)5-1-4-2/h1H. The number of carbonyl (C=O) groups is 2. The third kappa shape index (κ3) is 0.489. The van der Waals surface area contributed by atoms with Crippen LogP contribution in [0.25, 0.3) is 0 Å². The summed E-state index contributed by atoms with van der Waals surface area (Å²) in [6.07, 6.45) is 0.949. The van der Waals surface area contributed by atoms with Gasteiger partial charge in [-0.05, 0) is 0 Å². The average Bonchev–Trinajstić information content (AvgIpc) is 1.91. The van der Waals surface area contributed by atoms with Gasteiger partial charge in [0.1, 0.15) is 6.34 Å². The molecule has 1 rings (SSSR count). The summed E-state index contributed by atoms with van der Waals surface area (Å²) in [7, 11) is 0. The van der Waals surface area contributed by atoms with E-state index in [1.165, 1.54) is 0 Å². The number of hydrogen-bond donors (Lipinski definition) is 0. The molecule has 1 aliphatic heterocycles. The SMILES string of the molecule is O=C1[N]C=NC1=O. The van der Waals surface area contributed by atoms with Gasteiger partial charge in [-0.1, -0.05) is 0 Å². The molecule has 0 bridgehead atoms. The predicted octanol–water partition coefficient (Wildman–Crippen LogP) is -1.31. The monoisotopic (exact) mass is 97.0 g/mol. The van der Waals surface area contributed by atoms with Crippen molar-refractivity contribution in [3.8, 4) is 0 Å². The molecule has 0 unspecified atom stereocenters. The molecule has 4 heteroatoms. The zero-order chi connectivity index (χ0) is 5.28. The summed E-state index contributed by atoms with van der Waals surface area (Å²) in [6, 6.07) is 0. The van der Waals surface area contributed by atoms with Crippen LogP contribution in [0.4, 0.5) is 0 Å². The van der Waals surface area contributed by atoms with E-state index in [9.17, 15) is 9.59 Å². The van der Waals surface area contributed by atoms with Crippen LogP contribution in [0.5, 0.6) is 0 Å². The first-order valence-electron chi connectivity index (χ1n) is 1.62. The van der Waals surface area contributed by atoms with Crippen LogP contribution >= 0.6 is 0 Å². The number of nitrogens with zero attached hydrogens (tertiary/aromatic N) is 2. The van der Waals surface area contributed by atoms with E-state index in [0.29, 0.717) is 0 Å². The fourth-order valence-corrected chi connectivity index (χ4v) is 0.244. The second-order valence-electron chi connectivity index (χ2n) is 0.984. The maximum Gasteiger partial charge on any atom is 0.338 e. The molecule has 35 valence electrons. The van der Waals surface area contributed by atoms with Gasteiger partial charge in [-0.3, -0.25) is 9.59 Å². The van der Waals surface area contributed by atoms with Crippen LogP contribution in [0.3, 0.4) is 0 Å². The Balaban J connectivity index is 2.81. The van der Waals surface area contributed by atoms with Gasteiger partial charge in [0.15, 0.2) is 0 Å². The highest BCUT2D eigenvalue weighted by Gasteiger charge is 2.16. The lowest BCUT2D eigenvalue weighted by Crippen LogP contribution is -2.13. The van der Waals surface area contributed by atoms with Gasteiger partial charge in [0.05, 0.1) is 0 Å². The molecule has 0 N–H and O–H groups in total. The van der Waals surface area contributed by atoms with Crippen LogP contribution in [0, 0.1) is 0 Å². The predicted molar refractivity (Wildman–Crippen MR) is 20.6 cm³/mol. The van der Waals surface area contributed by atoms with Crippen molar-refractivity contribution in [2.24, 2.45) is 4.99 Å². The first kappa shape index (κ1) is 3.98. The molecular weight excluding hydrogens is 96.0 g/mol. The first-order valence-corrected chi connectivity index (χ1v) is 1.62. The largest absolute Gasteiger partial charge is 0.338 e. The van der Waals surface area contributed by atoms with Crippen molar-refractivity contribution < 1.29 is 9.59 Å². The second kappa shape index (κ2) is 1.14. The van der Waals surface area contributed by atoms with E-state index in [1.807, 2.05) is 0 Å². The quantitative estimate of drug-likeness (QED) is 0.352. The minimum Gasteiger partial charge on any atom is -0.261 e. The van der Waals surface area contributed by atoms with Crippen molar-refractivity contribution >= 4 is 18.2 Å². The average molecular weight is 97.1 g/mol. The summed E-state index contributed by atoms with van der Waals surface area (Å²) >= 11 is 0. The number of aliphatic imine (C=N–C) groups is 1. The van der Waals surface area contributed by atoms with Gasteiger partial charge in [0, 0.05) is 0 Å². The molecule has 0 aromatic heterocycles. The van der Waals surface area contributed by atoms with Crippen LogP contribution in [-0.4, -0.2) is 18.2 Å². The van der Waals surface area contributed by atoms with Crippen molar-refractivity contribution in [1.82, 2.24) is 5.32 Å². The Hall–Kier alpha value is -1.19. The van der Waals surface area contributed by atoms with E-state index in [0.717, 1.165) is 6.34 Å². The zero-order valence-electron chi connectivity index (χ0n) is 3.29. The third-order valence-electron chi connectivity index (χ3n) is 0.533. The number of carbonyl (C=O) groups excluding carboxylic acids is 2. The fourth-order valence-electron chi connectivity index (χ4n) is 0.244. The molecule has 0 aromatic rings. The van der Waals surface area contributed by atoms with Gasteiger partial charge in [-0.2, -0.15) is 10.3 Å². The fraction of sp³-hybridized carbons (Fsp3) is 0. The van der Waals surface area contributed by atoms with Gasteiger partial charge in [0.25, 0.3) is 0 Å². The Labute approximate surface area is 39.2 Å². The molecule has 0 aromatic carbocycles. The van der Waals surface area contributed by atoms with Crippen molar-refractivity contribution in [2.75, 3.05) is 0 Å². The molecule has 1 heterocycles. The van der Waals surface area contributed by atoms with E-state index in [1.54, 1.807) is 0 Å². The molecule has 1 radical (unpaired) electrons. The number of amides is 2. The third-order valence-corrected chi connectivity index (χ3v) is 0.533. The van der Waals surface area contributed by atoms with Gasteiger partial charge >= 0.3 is 11.8 Å². The number of hydrogen-bond acceptors (Lipinski definition) is 2. The van der Waals surface area contributed by atoms with Crippen molar-refractivity contribution in [1.29, 1.82) is 0 Å². The van der Waals surface area contributed by atoms with Gasteiger partial charge < -0.3 is 0 Å². The van der Waals surface area contributed by atoms with Gasteiger partial charge in [-0.25, -0.2) is 0 Å². The molecule has 7 heavy (non-hydrogen) atoms. The summed E-state index contributed by atoms with van der Waals surface area (Å²) in [4.78, 5) is 22.9. The molecule has 0 saturated heterocycles. The highest BCUT2D eigenvalue weighted by molar-refractivity contribution is 6.41. The molecule has 0 saturated carbocycles. The summed E-state index contributed by atoms with van der Waals surface area (Å²) in [6.45, 7) is 0. The van der Waals surface area contributed by atoms with E-state index in [2.05, 4.69) is 10.3 Å². The Morgan fingerprint density at radius 1 is 1.29 bits per heavy atom. The summed E-state index contributed by atoms with van der Waals surface area (Å²) in [5, 5.41) is 3.04. The molecular formula is C3HN2O2. The minimum absolute atomic E-state index is 0.778. The summed E-state index contributed by atoms with van der Waals surface area (Å²) < 4.78 is 0. The maximum atomic E-state index is 9.93. The van der Waals surface area contributed by atoms with Crippen LogP contribution < -0.4 is 5.32 Å². The molecule has 4 nitrogen and oxygen atoms in total. The van der Waals surface area contributed by atoms with Crippen LogP contribution in [0.2, 0.25) is 0 Å². The van der Waals surface area contributed by atoms with Crippen molar-refractivity contribution in [3.63, 3.8) is 0 Å². The molecule has 2 amide bonds. The molecule has 0 aliphatic carbocycles. The van der Waals surface area contributed by atoms with E-state index in [4.69, 9.17) is 0 Å². The zero-order valence-corrected chi connectivity index (χ0v) is 3.29. The molecule has 0 atom stereocenters. The van der Waals surface area contributed by atoms with Crippen molar-refractivity contribution in [3.05, 3.63) is 0 Å². The molecule has 1 aliphatic rings. The van der Waals surface area contributed by atoms with Crippen LogP contribution in [0.1, 0.15) is 0 Å². The Bertz CT molecular complexity index is 149. The molecule has 0 fully saturated rings. The maximum absolute atomic E-state index is 9.93. The van der Waals surface area contributed by atoms with E-state index < -0.39 is 11.8 Å². The lowest BCUT2D eigenvalue weighted by molar-refractivity contribution is -0.135. The lowest BCUT2D eigenvalue weighted by atomic mass is 10.6. The highest BCUT2D eigenvalue weighted by atomic mass is 16.2. The topological polar surface area (TPSA) is 60.6 Å². The normalized spacial score (nSPS) is 17.7. The Morgan fingerprint density at radius 3 is 2.14 bits per heavy atom. The van der Waals surface area contributed by atoms with E-state index >= 15 is 0 Å². The lowest BCUT2D eigenvalue weighted by Gasteiger charge is -1.70. The summed E-state index contributed by atoms with van der Waals surface area (Å²) in [5.41, 5.74) is 0. The first-order chi connectivity index (χ1) is 3.30. The summed E-state index contributed by atoms with van der Waals surface area (Å²) in [5.74, 6) is -1.56. The second-order valence-corrected chi connectivity index (χ2v) is 0.984. The molecule has 0 spiro atoms. The highest BCUT2D eigenvalue weighted by Crippen LogP contribution is 1.80. The number of rotatable bonds is 0. The van der Waals surface area contributed by atoms with E-state index in [-0.39, 0.29) is 0 Å².